The summed E-state index contributed by atoms with van der Waals surface area (Å²) in [6.45, 7) is 0. The van der Waals surface area contributed by atoms with Crippen LogP contribution in [0.4, 0.5) is 5.82 Å². The zero-order valence-corrected chi connectivity index (χ0v) is 10.5. The molecule has 0 saturated heterocycles. The number of hydrogen-bond donors (Lipinski definition) is 2. The number of fused-ring (bicyclic) bond motifs is 1. The summed E-state index contributed by atoms with van der Waals surface area (Å²) < 4.78 is 0. The Hall–Kier alpha value is -1.30. The first kappa shape index (κ1) is 10.8. The Bertz CT molecular complexity index is 511. The molecule has 1 fully saturated rings. The van der Waals surface area contributed by atoms with Gasteiger partial charge in [-0.05, 0) is 19.1 Å². The molecule has 0 bridgehead atoms. The molecule has 2 aromatic heterocycles. The van der Waals surface area contributed by atoms with Crippen LogP contribution in [0.15, 0.2) is 12.7 Å². The van der Waals surface area contributed by atoms with Crippen molar-refractivity contribution in [3.63, 3.8) is 0 Å². The predicted molar refractivity (Wildman–Crippen MR) is 70.2 cm³/mol. The van der Waals surface area contributed by atoms with Crippen molar-refractivity contribution in [1.29, 1.82) is 0 Å². The maximum absolute atomic E-state index is 4.31. The molecule has 5 nitrogen and oxygen atoms in total. The van der Waals surface area contributed by atoms with Gasteiger partial charge in [0.15, 0.2) is 11.5 Å². The molecule has 2 unspecified atom stereocenters. The third kappa shape index (κ3) is 1.97. The van der Waals surface area contributed by atoms with Crippen LogP contribution in [0.2, 0.25) is 0 Å². The number of aromatic nitrogens is 4. The van der Waals surface area contributed by atoms with Crippen LogP contribution in [0.3, 0.4) is 0 Å². The van der Waals surface area contributed by atoms with Gasteiger partial charge in [0.2, 0.25) is 0 Å². The van der Waals surface area contributed by atoms with Crippen molar-refractivity contribution in [2.45, 2.75) is 30.6 Å². The van der Waals surface area contributed by atoms with Crippen LogP contribution < -0.4 is 5.32 Å². The second-order valence-corrected chi connectivity index (χ2v) is 5.36. The summed E-state index contributed by atoms with van der Waals surface area (Å²) >= 11 is 1.94. The van der Waals surface area contributed by atoms with Gasteiger partial charge in [0.25, 0.3) is 0 Å². The zero-order chi connectivity index (χ0) is 11.7. The highest BCUT2D eigenvalue weighted by Crippen LogP contribution is 2.31. The van der Waals surface area contributed by atoms with Gasteiger partial charge >= 0.3 is 0 Å². The first-order valence-corrected chi connectivity index (χ1v) is 7.10. The maximum Gasteiger partial charge on any atom is 0.182 e. The minimum atomic E-state index is 0.506. The monoisotopic (exact) mass is 249 g/mol. The van der Waals surface area contributed by atoms with Gasteiger partial charge in [-0.1, -0.05) is 6.42 Å². The Morgan fingerprint density at radius 3 is 3.18 bits per heavy atom. The van der Waals surface area contributed by atoms with Crippen LogP contribution in [0.5, 0.6) is 0 Å². The van der Waals surface area contributed by atoms with Crippen LogP contribution in [0.1, 0.15) is 19.3 Å². The molecule has 0 spiro atoms. The summed E-state index contributed by atoms with van der Waals surface area (Å²) in [5.41, 5.74) is 1.63. The fourth-order valence-electron chi connectivity index (χ4n) is 2.42. The van der Waals surface area contributed by atoms with Crippen molar-refractivity contribution in [3.8, 4) is 0 Å². The summed E-state index contributed by atoms with van der Waals surface area (Å²) in [6.07, 6.45) is 9.19. The van der Waals surface area contributed by atoms with Crippen LogP contribution in [-0.4, -0.2) is 37.5 Å². The molecule has 0 radical (unpaired) electrons. The molecular formula is C11H15N5S. The number of rotatable bonds is 3. The van der Waals surface area contributed by atoms with E-state index in [1.165, 1.54) is 19.3 Å². The molecule has 2 N–H and O–H groups in total. The molecule has 2 heterocycles. The van der Waals surface area contributed by atoms with E-state index >= 15 is 0 Å². The molecule has 2 atom stereocenters. The Kier molecular flexibility index (Phi) is 2.88. The second-order valence-electron chi connectivity index (χ2n) is 4.28. The van der Waals surface area contributed by atoms with Crippen LogP contribution >= 0.6 is 11.8 Å². The van der Waals surface area contributed by atoms with Gasteiger partial charge in [-0.25, -0.2) is 15.0 Å². The number of hydrogen-bond acceptors (Lipinski definition) is 5. The number of H-pyrrole nitrogens is 1. The first-order chi connectivity index (χ1) is 8.38. The van der Waals surface area contributed by atoms with E-state index in [1.54, 1.807) is 12.7 Å². The first-order valence-electron chi connectivity index (χ1n) is 5.82. The standard InChI is InChI=1S/C11H15N5S/c1-17-8-4-2-3-7(8)16-11-9-10(13-5-12-9)14-6-15-11/h5-8H,2-4H2,1H3,(H2,12,13,14,15,16). The Morgan fingerprint density at radius 1 is 1.35 bits per heavy atom. The van der Waals surface area contributed by atoms with Gasteiger partial charge in [0.05, 0.1) is 6.33 Å². The molecule has 3 rings (SSSR count). The third-order valence-electron chi connectivity index (χ3n) is 3.30. The maximum atomic E-state index is 4.31. The third-order valence-corrected chi connectivity index (χ3v) is 4.47. The largest absolute Gasteiger partial charge is 0.364 e. The number of thioether (sulfide) groups is 1. The lowest BCUT2D eigenvalue weighted by atomic mass is 10.2. The Balaban J connectivity index is 1.87. The van der Waals surface area contributed by atoms with Crippen LogP contribution in [0, 0.1) is 0 Å². The normalized spacial score (nSPS) is 24.3. The highest BCUT2D eigenvalue weighted by molar-refractivity contribution is 7.99. The molecular weight excluding hydrogens is 234 g/mol. The number of anilines is 1. The van der Waals surface area contributed by atoms with Gasteiger partial charge in [0.1, 0.15) is 11.8 Å². The Labute approximate surface area is 104 Å². The lowest BCUT2D eigenvalue weighted by Gasteiger charge is -2.19. The zero-order valence-electron chi connectivity index (χ0n) is 9.68. The molecule has 17 heavy (non-hydrogen) atoms. The van der Waals surface area contributed by atoms with Gasteiger partial charge < -0.3 is 10.3 Å². The van der Waals surface area contributed by atoms with Crippen LogP contribution in [0.25, 0.3) is 11.2 Å². The van der Waals surface area contributed by atoms with Crippen molar-refractivity contribution >= 4 is 28.7 Å². The summed E-state index contributed by atoms with van der Waals surface area (Å²) in [5, 5.41) is 4.21. The number of nitrogens with zero attached hydrogens (tertiary/aromatic N) is 3. The lowest BCUT2D eigenvalue weighted by Crippen LogP contribution is -2.26. The van der Waals surface area contributed by atoms with Gasteiger partial charge in [0, 0.05) is 11.3 Å². The van der Waals surface area contributed by atoms with E-state index in [4.69, 9.17) is 0 Å². The summed E-state index contributed by atoms with van der Waals surface area (Å²) in [5.74, 6) is 0.874. The van der Waals surface area contributed by atoms with Gasteiger partial charge in [-0.3, -0.25) is 0 Å². The smallest absolute Gasteiger partial charge is 0.182 e. The number of imidazole rings is 1. The SMILES string of the molecule is CSC1CCCC1Nc1ncnc2nc[nH]c12. The number of aromatic amines is 1. The van der Waals surface area contributed by atoms with Crippen LogP contribution in [-0.2, 0) is 0 Å². The van der Waals surface area contributed by atoms with Gasteiger partial charge in [-0.15, -0.1) is 0 Å². The average molecular weight is 249 g/mol. The molecule has 0 aliphatic heterocycles. The van der Waals surface area contributed by atoms with Gasteiger partial charge in [-0.2, -0.15) is 11.8 Å². The summed E-state index contributed by atoms with van der Waals surface area (Å²) in [6, 6.07) is 0.506. The van der Waals surface area contributed by atoms with Crippen molar-refractivity contribution < 1.29 is 0 Å². The predicted octanol–water partition coefficient (Wildman–Crippen LogP) is 2.05. The highest BCUT2D eigenvalue weighted by Gasteiger charge is 2.27. The molecule has 1 saturated carbocycles. The van der Waals surface area contributed by atoms with Crippen molar-refractivity contribution in [1.82, 2.24) is 19.9 Å². The summed E-state index contributed by atoms with van der Waals surface area (Å²) in [7, 11) is 0. The molecule has 1 aliphatic rings. The average Bonchev–Trinajstić information content (AvgIpc) is 2.97. The molecule has 0 aromatic carbocycles. The van der Waals surface area contributed by atoms with E-state index in [-0.39, 0.29) is 0 Å². The Morgan fingerprint density at radius 2 is 2.29 bits per heavy atom. The fourth-order valence-corrected chi connectivity index (χ4v) is 3.36. The fraction of sp³-hybridized carbons (Fsp3) is 0.545. The second kappa shape index (κ2) is 4.52. The van der Waals surface area contributed by atoms with E-state index in [2.05, 4.69) is 31.5 Å². The van der Waals surface area contributed by atoms with E-state index in [9.17, 15) is 0 Å². The van der Waals surface area contributed by atoms with E-state index < -0.39 is 0 Å². The van der Waals surface area contributed by atoms with Crippen molar-refractivity contribution in [3.05, 3.63) is 12.7 Å². The minimum absolute atomic E-state index is 0.506. The topological polar surface area (TPSA) is 66.5 Å². The van der Waals surface area contributed by atoms with Crippen molar-refractivity contribution in [2.24, 2.45) is 0 Å². The van der Waals surface area contributed by atoms with E-state index in [0.717, 1.165) is 17.0 Å². The number of nitrogens with one attached hydrogen (secondary N) is 2. The quantitative estimate of drug-likeness (QED) is 0.871. The molecule has 90 valence electrons. The highest BCUT2D eigenvalue weighted by atomic mass is 32.2. The van der Waals surface area contributed by atoms with E-state index in [0.29, 0.717) is 11.3 Å². The van der Waals surface area contributed by atoms with Crippen molar-refractivity contribution in [2.75, 3.05) is 11.6 Å². The molecule has 1 aliphatic carbocycles. The minimum Gasteiger partial charge on any atom is -0.364 e. The molecule has 0 amide bonds. The summed E-state index contributed by atoms with van der Waals surface area (Å²) in [4.78, 5) is 15.7. The molecule has 2 aromatic rings. The van der Waals surface area contributed by atoms with E-state index in [1.807, 2.05) is 11.8 Å². The molecule has 6 heteroatoms. The lowest BCUT2D eigenvalue weighted by molar-refractivity contribution is 0.764.